The van der Waals surface area contributed by atoms with Crippen LogP contribution in [0.15, 0.2) is 78.0 Å². The molecule has 0 spiro atoms. The molecule has 0 fully saturated rings. The number of fused-ring (bicyclic) bond motifs is 1. The molecular weight excluding hydrogens is 456 g/mol. The molecule has 0 saturated carbocycles. The van der Waals surface area contributed by atoms with Crippen molar-refractivity contribution in [1.29, 1.82) is 0 Å². The van der Waals surface area contributed by atoms with Gasteiger partial charge in [-0.25, -0.2) is 0 Å². The molecule has 7 heteroatoms. The van der Waals surface area contributed by atoms with Crippen molar-refractivity contribution < 1.29 is 24.2 Å². The molecular formula is C29H28N2O5. The number of methoxy groups -OCH3 is 1. The van der Waals surface area contributed by atoms with E-state index in [0.29, 0.717) is 42.0 Å². The summed E-state index contributed by atoms with van der Waals surface area (Å²) in [6, 6.07) is 19.6. The van der Waals surface area contributed by atoms with Crippen molar-refractivity contribution in [3.05, 3.63) is 89.1 Å². The lowest BCUT2D eigenvalue weighted by Crippen LogP contribution is -2.33. The van der Waals surface area contributed by atoms with Crippen LogP contribution >= 0.6 is 0 Å². The van der Waals surface area contributed by atoms with Crippen LogP contribution in [0.25, 0.3) is 0 Å². The van der Waals surface area contributed by atoms with E-state index in [-0.39, 0.29) is 17.5 Å². The summed E-state index contributed by atoms with van der Waals surface area (Å²) in [6.07, 6.45) is 1.70. The Morgan fingerprint density at radius 2 is 1.81 bits per heavy atom. The number of phenolic OH excluding ortho intramolecular Hbond substituents is 1. The fourth-order valence-electron chi connectivity index (χ4n) is 5.14. The highest BCUT2D eigenvalue weighted by atomic mass is 16.5. The van der Waals surface area contributed by atoms with Gasteiger partial charge in [0.1, 0.15) is 5.75 Å². The number of phenols is 1. The maximum atomic E-state index is 13.8. The second kappa shape index (κ2) is 9.77. The number of hydrogen-bond acceptors (Lipinski definition) is 6. The summed E-state index contributed by atoms with van der Waals surface area (Å²) in [5, 5.41) is 13.8. The van der Waals surface area contributed by atoms with E-state index in [1.165, 1.54) is 0 Å². The molecule has 1 aliphatic carbocycles. The molecule has 7 nitrogen and oxygen atoms in total. The van der Waals surface area contributed by atoms with Crippen molar-refractivity contribution in [2.45, 2.75) is 31.7 Å². The molecule has 1 amide bonds. The predicted octanol–water partition coefficient (Wildman–Crippen LogP) is 5.33. The molecule has 0 aromatic heterocycles. The number of aromatic hydroxyl groups is 1. The molecule has 0 saturated heterocycles. The first-order chi connectivity index (χ1) is 17.5. The molecule has 1 heterocycles. The second-order valence-electron chi connectivity index (χ2n) is 8.91. The van der Waals surface area contributed by atoms with Gasteiger partial charge in [0, 0.05) is 17.7 Å². The lowest BCUT2D eigenvalue weighted by Gasteiger charge is -2.33. The maximum absolute atomic E-state index is 13.8. The highest BCUT2D eigenvalue weighted by molar-refractivity contribution is 6.03. The molecule has 5 rings (SSSR count). The van der Waals surface area contributed by atoms with Crippen LogP contribution in [0.2, 0.25) is 0 Å². The van der Waals surface area contributed by atoms with Crippen molar-refractivity contribution in [1.82, 2.24) is 0 Å². The first-order valence-electron chi connectivity index (χ1n) is 12.0. The Kier molecular flexibility index (Phi) is 6.38. The summed E-state index contributed by atoms with van der Waals surface area (Å²) in [4.78, 5) is 27.9. The smallest absolute Gasteiger partial charge is 0.215 e. The Balaban J connectivity index is 1.65. The summed E-state index contributed by atoms with van der Waals surface area (Å²) in [6.45, 7) is 2.21. The van der Waals surface area contributed by atoms with E-state index in [1.807, 2.05) is 55.5 Å². The SMILES string of the molecule is CCOc1cc([C@@H]2C3=C(C[C@@H](c4ccc(OC)cc4)CC3=O)Nc3ccccc3N2C=O)ccc1O. The van der Waals surface area contributed by atoms with Gasteiger partial charge in [0.25, 0.3) is 0 Å². The highest BCUT2D eigenvalue weighted by Gasteiger charge is 2.39. The molecule has 2 atom stereocenters. The van der Waals surface area contributed by atoms with Gasteiger partial charge in [-0.1, -0.05) is 30.3 Å². The van der Waals surface area contributed by atoms with Crippen LogP contribution in [-0.4, -0.2) is 31.0 Å². The molecule has 1 aliphatic heterocycles. The number of ether oxygens (including phenoxy) is 2. The number of nitrogens with zero attached hydrogens (tertiary/aromatic N) is 1. The number of amides is 1. The van der Waals surface area contributed by atoms with E-state index in [4.69, 9.17) is 9.47 Å². The molecule has 36 heavy (non-hydrogen) atoms. The Hall–Kier alpha value is -4.26. The zero-order valence-electron chi connectivity index (χ0n) is 20.2. The third-order valence-corrected chi connectivity index (χ3v) is 6.83. The van der Waals surface area contributed by atoms with Gasteiger partial charge in [-0.15, -0.1) is 0 Å². The van der Waals surface area contributed by atoms with E-state index in [1.54, 1.807) is 30.2 Å². The number of rotatable bonds is 6. The van der Waals surface area contributed by atoms with Gasteiger partial charge < -0.3 is 24.8 Å². The number of hydrogen-bond donors (Lipinski definition) is 2. The van der Waals surface area contributed by atoms with Crippen molar-refractivity contribution >= 4 is 23.6 Å². The normalized spacial score (nSPS) is 19.1. The van der Waals surface area contributed by atoms with E-state index < -0.39 is 6.04 Å². The minimum absolute atomic E-state index is 0.00847. The van der Waals surface area contributed by atoms with Crippen molar-refractivity contribution in [3.63, 3.8) is 0 Å². The predicted molar refractivity (Wildman–Crippen MR) is 138 cm³/mol. The summed E-state index contributed by atoms with van der Waals surface area (Å²) >= 11 is 0. The molecule has 2 N–H and O–H groups in total. The Morgan fingerprint density at radius 1 is 1.06 bits per heavy atom. The number of benzene rings is 3. The average molecular weight is 485 g/mol. The highest BCUT2D eigenvalue weighted by Crippen LogP contribution is 2.47. The van der Waals surface area contributed by atoms with Gasteiger partial charge in [0.2, 0.25) is 6.41 Å². The maximum Gasteiger partial charge on any atom is 0.215 e. The number of para-hydroxylation sites is 2. The number of nitrogens with one attached hydrogen (secondary N) is 1. The lowest BCUT2D eigenvalue weighted by atomic mass is 9.78. The quantitative estimate of drug-likeness (QED) is 0.460. The van der Waals surface area contributed by atoms with Crippen molar-refractivity contribution in [3.8, 4) is 17.2 Å². The van der Waals surface area contributed by atoms with Crippen LogP contribution in [0.5, 0.6) is 17.2 Å². The minimum atomic E-state index is -0.669. The monoisotopic (exact) mass is 484 g/mol. The summed E-state index contributed by atoms with van der Waals surface area (Å²) < 4.78 is 10.9. The summed E-state index contributed by atoms with van der Waals surface area (Å²) in [7, 11) is 1.63. The summed E-state index contributed by atoms with van der Waals surface area (Å²) in [5.74, 6) is 1.05. The average Bonchev–Trinajstić information content (AvgIpc) is 3.04. The van der Waals surface area contributed by atoms with Crippen LogP contribution in [0.4, 0.5) is 11.4 Å². The van der Waals surface area contributed by atoms with Gasteiger partial charge in [-0.3, -0.25) is 9.59 Å². The molecule has 184 valence electrons. The number of allylic oxidation sites excluding steroid dienone is 1. The Bertz CT molecular complexity index is 1330. The minimum Gasteiger partial charge on any atom is -0.504 e. The van der Waals surface area contributed by atoms with Crippen LogP contribution in [0.3, 0.4) is 0 Å². The third-order valence-electron chi connectivity index (χ3n) is 6.83. The molecule has 0 unspecified atom stereocenters. The fourth-order valence-corrected chi connectivity index (χ4v) is 5.14. The summed E-state index contributed by atoms with van der Waals surface area (Å²) in [5.41, 5.74) is 4.52. The Labute approximate surface area is 210 Å². The van der Waals surface area contributed by atoms with Crippen molar-refractivity contribution in [2.24, 2.45) is 0 Å². The first-order valence-corrected chi connectivity index (χ1v) is 12.0. The number of Topliss-reactive ketones (excluding diaryl/α,β-unsaturated/α-hetero) is 1. The van der Waals surface area contributed by atoms with Crippen molar-refractivity contribution in [2.75, 3.05) is 23.9 Å². The van der Waals surface area contributed by atoms with E-state index in [2.05, 4.69) is 5.32 Å². The number of carbonyl (C=O) groups is 2. The van der Waals surface area contributed by atoms with E-state index >= 15 is 0 Å². The zero-order valence-corrected chi connectivity index (χ0v) is 20.2. The van der Waals surface area contributed by atoms with Crippen LogP contribution in [0.1, 0.15) is 42.9 Å². The Morgan fingerprint density at radius 3 is 2.53 bits per heavy atom. The lowest BCUT2D eigenvalue weighted by molar-refractivity contribution is -0.116. The number of carbonyl (C=O) groups excluding carboxylic acids is 2. The largest absolute Gasteiger partial charge is 0.504 e. The molecule has 2 aliphatic rings. The van der Waals surface area contributed by atoms with Gasteiger partial charge in [0.05, 0.1) is 31.1 Å². The third kappa shape index (κ3) is 4.17. The fraction of sp³-hybridized carbons (Fsp3) is 0.241. The molecule has 0 bridgehead atoms. The molecule has 3 aromatic carbocycles. The molecule has 3 aromatic rings. The van der Waals surface area contributed by atoms with E-state index in [0.717, 1.165) is 29.1 Å². The van der Waals surface area contributed by atoms with Crippen LogP contribution in [0, 0.1) is 0 Å². The van der Waals surface area contributed by atoms with Crippen LogP contribution in [-0.2, 0) is 9.59 Å². The second-order valence-corrected chi connectivity index (χ2v) is 8.91. The van der Waals surface area contributed by atoms with Crippen LogP contribution < -0.4 is 19.7 Å². The number of ketones is 1. The van der Waals surface area contributed by atoms with Gasteiger partial charge in [-0.2, -0.15) is 0 Å². The van der Waals surface area contributed by atoms with Gasteiger partial charge in [-0.05, 0) is 66.8 Å². The standard InChI is InChI=1S/C29H28N2O5/c1-3-36-27-16-19(10-13-25(27)33)29-28-23(30-22-6-4-5-7-24(22)31(29)17-32)14-20(15-26(28)34)18-8-11-21(35-2)12-9-18/h4-13,16-17,20,29-30,33H,3,14-15H2,1-2H3/t20-,29-/m1/s1. The van der Waals surface area contributed by atoms with Gasteiger partial charge >= 0.3 is 0 Å². The van der Waals surface area contributed by atoms with E-state index in [9.17, 15) is 14.7 Å². The first kappa shape index (κ1) is 23.5. The molecule has 0 radical (unpaired) electrons. The van der Waals surface area contributed by atoms with Gasteiger partial charge in [0.15, 0.2) is 17.3 Å². The zero-order chi connectivity index (χ0) is 25.2. The number of anilines is 2. The topological polar surface area (TPSA) is 88.1 Å².